The predicted octanol–water partition coefficient (Wildman–Crippen LogP) is 5.66. The molecule has 7 nitrogen and oxygen atoms in total. The van der Waals surface area contributed by atoms with Crippen LogP contribution in [0.25, 0.3) is 5.76 Å². The third kappa shape index (κ3) is 5.45. The Morgan fingerprint density at radius 1 is 0.925 bits per heavy atom. The number of hydrogen-bond donors (Lipinski definition) is 1. The molecule has 1 aromatic heterocycles. The number of benzene rings is 3. The van der Waals surface area contributed by atoms with E-state index in [-0.39, 0.29) is 17.9 Å². The van der Waals surface area contributed by atoms with Crippen molar-refractivity contribution in [3.8, 4) is 5.75 Å². The summed E-state index contributed by atoms with van der Waals surface area (Å²) in [5.74, 6) is -0.956. The lowest BCUT2D eigenvalue weighted by Gasteiger charge is -2.26. The SMILES string of the molecule is Cc1ccccc1COc1ccc(/C(O)=C2/C(=O)C(=O)N(Cc3ccncc3)C2c2ccc(N(C)C)cc2)cc1. The summed E-state index contributed by atoms with van der Waals surface area (Å²) >= 11 is 0. The highest BCUT2D eigenvalue weighted by Crippen LogP contribution is 2.40. The molecule has 0 bridgehead atoms. The highest BCUT2D eigenvalue weighted by molar-refractivity contribution is 6.46. The number of amides is 1. The van der Waals surface area contributed by atoms with Crippen molar-refractivity contribution in [2.75, 3.05) is 19.0 Å². The molecule has 1 N–H and O–H groups in total. The van der Waals surface area contributed by atoms with E-state index in [1.54, 1.807) is 48.8 Å². The summed E-state index contributed by atoms with van der Waals surface area (Å²) in [5.41, 5.74) is 5.28. The Kier molecular flexibility index (Phi) is 7.64. The van der Waals surface area contributed by atoms with Gasteiger partial charge in [0.1, 0.15) is 18.1 Å². The average Bonchev–Trinajstić information content (AvgIpc) is 3.22. The second-order valence-electron chi connectivity index (χ2n) is 10.0. The van der Waals surface area contributed by atoms with Crippen LogP contribution in [0.15, 0.2) is 103 Å². The number of aliphatic hydroxyl groups is 1. The summed E-state index contributed by atoms with van der Waals surface area (Å²) in [6.45, 7) is 2.66. The molecule has 0 saturated carbocycles. The maximum atomic E-state index is 13.4. The third-order valence-electron chi connectivity index (χ3n) is 7.15. The summed E-state index contributed by atoms with van der Waals surface area (Å²) in [4.78, 5) is 34.2. The zero-order valence-electron chi connectivity index (χ0n) is 22.7. The third-order valence-corrected chi connectivity index (χ3v) is 7.15. The van der Waals surface area contributed by atoms with Gasteiger partial charge in [0.05, 0.1) is 11.6 Å². The van der Waals surface area contributed by atoms with Crippen molar-refractivity contribution in [3.05, 3.63) is 131 Å². The quantitative estimate of drug-likeness (QED) is 0.179. The van der Waals surface area contributed by atoms with Gasteiger partial charge < -0.3 is 19.6 Å². The smallest absolute Gasteiger partial charge is 0.295 e. The Labute approximate surface area is 234 Å². The minimum Gasteiger partial charge on any atom is -0.507 e. The fourth-order valence-corrected chi connectivity index (χ4v) is 4.83. The number of rotatable bonds is 8. The van der Waals surface area contributed by atoms with E-state index >= 15 is 0 Å². The molecule has 40 heavy (non-hydrogen) atoms. The van der Waals surface area contributed by atoms with Crippen molar-refractivity contribution in [1.29, 1.82) is 0 Å². The first kappa shape index (κ1) is 26.7. The summed E-state index contributed by atoms with van der Waals surface area (Å²) in [5, 5.41) is 11.4. The maximum Gasteiger partial charge on any atom is 0.295 e. The lowest BCUT2D eigenvalue weighted by atomic mass is 9.95. The first-order valence-electron chi connectivity index (χ1n) is 13.1. The molecule has 1 amide bonds. The first-order chi connectivity index (χ1) is 19.3. The van der Waals surface area contributed by atoms with Crippen LogP contribution in [-0.4, -0.2) is 40.8 Å². The fourth-order valence-electron chi connectivity index (χ4n) is 4.83. The Bertz CT molecular complexity index is 1550. The van der Waals surface area contributed by atoms with Crippen LogP contribution in [-0.2, 0) is 22.7 Å². The van der Waals surface area contributed by atoms with Gasteiger partial charge in [-0.15, -0.1) is 0 Å². The second kappa shape index (κ2) is 11.5. The van der Waals surface area contributed by atoms with Crippen LogP contribution in [0.1, 0.15) is 33.9 Å². The van der Waals surface area contributed by atoms with Crippen LogP contribution in [0, 0.1) is 6.92 Å². The number of hydrogen-bond acceptors (Lipinski definition) is 6. The fraction of sp³-hybridized carbons (Fsp3) is 0.182. The number of aryl methyl sites for hydroxylation is 1. The number of ketones is 1. The van der Waals surface area contributed by atoms with Crippen molar-refractivity contribution in [1.82, 2.24) is 9.88 Å². The van der Waals surface area contributed by atoms with E-state index in [4.69, 9.17) is 4.74 Å². The molecule has 1 unspecified atom stereocenters. The predicted molar refractivity (Wildman–Crippen MR) is 155 cm³/mol. The monoisotopic (exact) mass is 533 g/mol. The van der Waals surface area contributed by atoms with E-state index in [0.29, 0.717) is 17.9 Å². The standard InChI is InChI=1S/C33H31N3O4/c1-22-6-4-5-7-26(22)21-40-28-14-10-25(11-15-28)31(37)29-30(24-8-12-27(13-9-24)35(2)3)36(33(39)32(29)38)20-23-16-18-34-19-17-23/h4-19,30,37H,20-21H2,1-3H3/b31-29-. The average molecular weight is 534 g/mol. The Morgan fingerprint density at radius 3 is 2.25 bits per heavy atom. The zero-order valence-corrected chi connectivity index (χ0v) is 22.7. The van der Waals surface area contributed by atoms with Gasteiger partial charge in [-0.1, -0.05) is 36.4 Å². The summed E-state index contributed by atoms with van der Waals surface area (Å²) in [6.07, 6.45) is 3.30. The normalized spacial score (nSPS) is 16.3. The molecular formula is C33H31N3O4. The molecule has 1 fully saturated rings. The number of likely N-dealkylation sites (tertiary alicyclic amines) is 1. The number of anilines is 1. The highest BCUT2D eigenvalue weighted by atomic mass is 16.5. The van der Waals surface area contributed by atoms with Gasteiger partial charge in [-0.05, 0) is 77.7 Å². The molecule has 0 aliphatic carbocycles. The number of aromatic nitrogens is 1. The molecule has 1 aliphatic rings. The van der Waals surface area contributed by atoms with E-state index in [0.717, 1.165) is 27.9 Å². The maximum absolute atomic E-state index is 13.4. The summed E-state index contributed by atoms with van der Waals surface area (Å²) < 4.78 is 5.94. The van der Waals surface area contributed by atoms with Crippen molar-refractivity contribution in [2.45, 2.75) is 26.1 Å². The molecule has 1 saturated heterocycles. The van der Waals surface area contributed by atoms with E-state index in [1.165, 1.54) is 4.90 Å². The van der Waals surface area contributed by atoms with Crippen molar-refractivity contribution >= 4 is 23.1 Å². The molecule has 0 radical (unpaired) electrons. The van der Waals surface area contributed by atoms with Gasteiger partial charge in [0.2, 0.25) is 0 Å². The van der Waals surface area contributed by atoms with Crippen LogP contribution in [0.5, 0.6) is 5.75 Å². The van der Waals surface area contributed by atoms with Crippen LogP contribution in [0.3, 0.4) is 0 Å². The van der Waals surface area contributed by atoms with Crippen LogP contribution in [0.2, 0.25) is 0 Å². The lowest BCUT2D eigenvalue weighted by molar-refractivity contribution is -0.140. The van der Waals surface area contributed by atoms with Crippen LogP contribution in [0.4, 0.5) is 5.69 Å². The van der Waals surface area contributed by atoms with E-state index in [9.17, 15) is 14.7 Å². The Balaban J connectivity index is 1.48. The molecule has 3 aromatic carbocycles. The molecule has 2 heterocycles. The largest absolute Gasteiger partial charge is 0.507 e. The number of carbonyl (C=O) groups is 2. The molecule has 4 aromatic rings. The summed E-state index contributed by atoms with van der Waals surface area (Å²) in [7, 11) is 3.89. The number of carbonyl (C=O) groups excluding carboxylic acids is 2. The Morgan fingerprint density at radius 2 is 1.60 bits per heavy atom. The van der Waals surface area contributed by atoms with Gasteiger partial charge in [-0.2, -0.15) is 0 Å². The molecule has 0 spiro atoms. The number of Topliss-reactive ketones (excluding diaryl/α,β-unsaturated/α-hetero) is 1. The Hall–Kier alpha value is -4.91. The molecule has 1 aliphatic heterocycles. The van der Waals surface area contributed by atoms with E-state index in [1.807, 2.05) is 74.4 Å². The minimum atomic E-state index is -0.749. The first-order valence-corrected chi connectivity index (χ1v) is 13.1. The topological polar surface area (TPSA) is 83.0 Å². The molecule has 1 atom stereocenters. The van der Waals surface area contributed by atoms with Crippen molar-refractivity contribution in [3.63, 3.8) is 0 Å². The van der Waals surface area contributed by atoms with Gasteiger partial charge in [0, 0.05) is 44.3 Å². The van der Waals surface area contributed by atoms with Crippen LogP contribution < -0.4 is 9.64 Å². The van der Waals surface area contributed by atoms with Gasteiger partial charge >= 0.3 is 0 Å². The second-order valence-corrected chi connectivity index (χ2v) is 10.0. The minimum absolute atomic E-state index is 0.0604. The van der Waals surface area contributed by atoms with Gasteiger partial charge in [-0.25, -0.2) is 0 Å². The van der Waals surface area contributed by atoms with E-state index in [2.05, 4.69) is 4.98 Å². The molecule has 7 heteroatoms. The van der Waals surface area contributed by atoms with Crippen LogP contribution >= 0.6 is 0 Å². The number of pyridine rings is 1. The van der Waals surface area contributed by atoms with E-state index < -0.39 is 17.7 Å². The van der Waals surface area contributed by atoms with Gasteiger partial charge in [-0.3, -0.25) is 14.6 Å². The molecular weight excluding hydrogens is 502 g/mol. The summed E-state index contributed by atoms with van der Waals surface area (Å²) in [6, 6.07) is 25.4. The number of nitrogens with zero attached hydrogens (tertiary/aromatic N) is 3. The highest BCUT2D eigenvalue weighted by Gasteiger charge is 2.46. The molecule has 5 rings (SSSR count). The number of ether oxygens (including phenoxy) is 1. The number of aliphatic hydroxyl groups excluding tert-OH is 1. The van der Waals surface area contributed by atoms with Crippen molar-refractivity contribution < 1.29 is 19.4 Å². The molecule has 202 valence electrons. The van der Waals surface area contributed by atoms with Gasteiger partial charge in [0.15, 0.2) is 0 Å². The van der Waals surface area contributed by atoms with Crippen molar-refractivity contribution in [2.24, 2.45) is 0 Å². The zero-order chi connectivity index (χ0) is 28.2. The lowest BCUT2D eigenvalue weighted by Crippen LogP contribution is -2.29. The van der Waals surface area contributed by atoms with Gasteiger partial charge in [0.25, 0.3) is 11.7 Å².